The summed E-state index contributed by atoms with van der Waals surface area (Å²) < 4.78 is 45.1. The van der Waals surface area contributed by atoms with Crippen LogP contribution in [-0.4, -0.2) is 39.7 Å². The molecule has 3 aromatic rings. The third kappa shape index (κ3) is 5.08. The van der Waals surface area contributed by atoms with E-state index in [1.165, 1.54) is 6.07 Å². The molecule has 11 heteroatoms. The topological polar surface area (TPSA) is 95.1 Å². The number of aliphatic carboxylic acids is 1. The monoisotopic (exact) mass is 469 g/mol. The Morgan fingerprint density at radius 1 is 1.19 bits per heavy atom. The van der Waals surface area contributed by atoms with E-state index in [2.05, 4.69) is 22.2 Å². The summed E-state index contributed by atoms with van der Waals surface area (Å²) in [5.41, 5.74) is 4.80. The summed E-state index contributed by atoms with van der Waals surface area (Å²) in [5.74, 6) is -3.04. The molecule has 0 spiro atoms. The van der Waals surface area contributed by atoms with Crippen LogP contribution in [0.5, 0.6) is 0 Å². The van der Waals surface area contributed by atoms with Crippen LogP contribution >= 0.6 is 11.6 Å². The van der Waals surface area contributed by atoms with Gasteiger partial charge >= 0.3 is 12.1 Å². The number of carbonyl (C=O) groups excluding carboxylic acids is 1. The highest BCUT2D eigenvalue weighted by Crippen LogP contribution is 2.31. The van der Waals surface area contributed by atoms with E-state index in [9.17, 15) is 22.4 Å². The van der Waals surface area contributed by atoms with E-state index in [-0.39, 0.29) is 16.8 Å². The van der Waals surface area contributed by atoms with E-state index in [0.717, 1.165) is 22.5 Å². The van der Waals surface area contributed by atoms with Crippen molar-refractivity contribution in [1.82, 2.24) is 15.3 Å². The smallest absolute Gasteiger partial charge is 0.475 e. The minimum absolute atomic E-state index is 0.0600. The molecule has 1 aromatic carbocycles. The zero-order chi connectivity index (χ0) is 23.6. The molecule has 2 aromatic heterocycles. The third-order valence-electron chi connectivity index (χ3n) is 4.68. The molecule has 32 heavy (non-hydrogen) atoms. The van der Waals surface area contributed by atoms with Crippen LogP contribution in [0.3, 0.4) is 0 Å². The number of nitrogens with zero attached hydrogens (tertiary/aromatic N) is 1. The summed E-state index contributed by atoms with van der Waals surface area (Å²) in [7, 11) is 0. The number of hydrogen-bond donors (Lipinski definition) is 3. The third-order valence-corrected chi connectivity index (χ3v) is 4.97. The summed E-state index contributed by atoms with van der Waals surface area (Å²) in [6, 6.07) is 10.1. The summed E-state index contributed by atoms with van der Waals surface area (Å²) in [5, 5.41) is 10.1. The van der Waals surface area contributed by atoms with Crippen LogP contribution in [-0.2, 0) is 4.79 Å². The Bertz CT molecular complexity index is 1180. The van der Waals surface area contributed by atoms with Gasteiger partial charge in [-0.05, 0) is 36.4 Å². The predicted octanol–water partition coefficient (Wildman–Crippen LogP) is 5.02. The number of halogens is 5. The maximum absolute atomic E-state index is 13.4. The Labute approximate surface area is 184 Å². The van der Waals surface area contributed by atoms with E-state index in [4.69, 9.17) is 21.5 Å². The molecule has 0 saturated heterocycles. The molecular formula is C21H16ClF4N3O3. The van der Waals surface area contributed by atoms with Crippen LogP contribution in [0.15, 0.2) is 42.6 Å². The number of rotatable bonds is 2. The molecule has 0 radical (unpaired) electrons. The first-order valence-electron chi connectivity index (χ1n) is 9.20. The first kappa shape index (κ1) is 23.3. The van der Waals surface area contributed by atoms with Crippen molar-refractivity contribution in [2.45, 2.75) is 19.0 Å². The van der Waals surface area contributed by atoms with E-state index < -0.39 is 18.0 Å². The van der Waals surface area contributed by atoms with Gasteiger partial charge in [-0.25, -0.2) is 9.18 Å². The van der Waals surface area contributed by atoms with E-state index in [0.29, 0.717) is 17.8 Å². The molecular weight excluding hydrogens is 454 g/mol. The molecule has 0 bridgehead atoms. The first-order chi connectivity index (χ1) is 15.0. The van der Waals surface area contributed by atoms with E-state index in [1.807, 2.05) is 18.2 Å². The minimum Gasteiger partial charge on any atom is -0.475 e. The maximum Gasteiger partial charge on any atom is 0.490 e. The molecule has 3 N–H and O–H groups in total. The summed E-state index contributed by atoms with van der Waals surface area (Å²) in [6.45, 7) is 2.69. The molecule has 1 aliphatic heterocycles. The standard InChI is InChI=1S/C19H15ClFN3O.C2HF3O2/c1-10-9-23-19(25)13-8-17(24-18(10)13)12-4-5-22-16(7-12)11-2-3-15(21)14(20)6-11;3-2(4,5)1(6)7/h2-8,10,24H,9H2,1H3,(H,23,25);(H,6,7). The molecule has 168 valence electrons. The maximum atomic E-state index is 13.4. The fourth-order valence-corrected chi connectivity index (χ4v) is 3.24. The van der Waals surface area contributed by atoms with Gasteiger partial charge in [0, 0.05) is 41.2 Å². The quantitative estimate of drug-likeness (QED) is 0.459. The first-order valence-corrected chi connectivity index (χ1v) is 9.58. The Morgan fingerprint density at radius 2 is 1.88 bits per heavy atom. The number of benzene rings is 1. The van der Waals surface area contributed by atoms with Gasteiger partial charge < -0.3 is 15.4 Å². The molecule has 3 heterocycles. The summed E-state index contributed by atoms with van der Waals surface area (Å²) in [6.07, 6.45) is -3.40. The number of aromatic nitrogens is 2. The van der Waals surface area contributed by atoms with Crippen molar-refractivity contribution in [2.75, 3.05) is 6.54 Å². The molecule has 6 nitrogen and oxygen atoms in total. The van der Waals surface area contributed by atoms with E-state index in [1.54, 1.807) is 18.3 Å². The highest BCUT2D eigenvalue weighted by Gasteiger charge is 2.38. The number of aromatic amines is 1. The fraction of sp³-hybridized carbons (Fsp3) is 0.190. The van der Waals surface area contributed by atoms with Gasteiger partial charge in [0.15, 0.2) is 0 Å². The average Bonchev–Trinajstić information content (AvgIpc) is 3.20. The van der Waals surface area contributed by atoms with Gasteiger partial charge in [0.1, 0.15) is 5.82 Å². The molecule has 0 saturated carbocycles. The van der Waals surface area contributed by atoms with Gasteiger partial charge in [-0.1, -0.05) is 18.5 Å². The van der Waals surface area contributed by atoms with Gasteiger partial charge in [-0.2, -0.15) is 13.2 Å². The number of carboxylic acids is 1. The minimum atomic E-state index is -5.08. The molecule has 1 atom stereocenters. The fourth-order valence-electron chi connectivity index (χ4n) is 3.06. The van der Waals surface area contributed by atoms with Gasteiger partial charge in [-0.15, -0.1) is 0 Å². The Kier molecular flexibility index (Phi) is 6.54. The van der Waals surface area contributed by atoms with Gasteiger partial charge in [-0.3, -0.25) is 9.78 Å². The summed E-state index contributed by atoms with van der Waals surface area (Å²) >= 11 is 5.87. The van der Waals surface area contributed by atoms with Crippen LogP contribution in [0.1, 0.15) is 28.9 Å². The largest absolute Gasteiger partial charge is 0.490 e. The van der Waals surface area contributed by atoms with Crippen molar-refractivity contribution in [3.63, 3.8) is 0 Å². The molecule has 0 aliphatic carbocycles. The lowest BCUT2D eigenvalue weighted by Crippen LogP contribution is -2.33. The van der Waals surface area contributed by atoms with Crippen LogP contribution in [0.4, 0.5) is 17.6 Å². The molecule has 1 amide bonds. The SMILES string of the molecule is CC1CNC(=O)c2cc(-c3ccnc(-c4ccc(F)c(Cl)c4)c3)[nH]c21.O=C(O)C(F)(F)F. The van der Waals surface area contributed by atoms with Gasteiger partial charge in [0.05, 0.1) is 16.3 Å². The van der Waals surface area contributed by atoms with E-state index >= 15 is 0 Å². The molecule has 1 aliphatic rings. The van der Waals surface area contributed by atoms with Gasteiger partial charge in [0.25, 0.3) is 5.91 Å². The second-order valence-electron chi connectivity index (χ2n) is 6.98. The Morgan fingerprint density at radius 3 is 2.47 bits per heavy atom. The Balaban J connectivity index is 0.000000360. The highest BCUT2D eigenvalue weighted by molar-refractivity contribution is 6.31. The van der Waals surface area contributed by atoms with Crippen LogP contribution in [0.25, 0.3) is 22.5 Å². The lowest BCUT2D eigenvalue weighted by atomic mass is 9.99. The van der Waals surface area contributed by atoms with Crippen molar-refractivity contribution < 1.29 is 32.3 Å². The van der Waals surface area contributed by atoms with Crippen molar-refractivity contribution >= 4 is 23.5 Å². The second-order valence-corrected chi connectivity index (χ2v) is 7.39. The van der Waals surface area contributed by atoms with Crippen LogP contribution < -0.4 is 5.32 Å². The van der Waals surface area contributed by atoms with Crippen molar-refractivity contribution in [2.24, 2.45) is 0 Å². The van der Waals surface area contributed by atoms with Gasteiger partial charge in [0.2, 0.25) is 0 Å². The summed E-state index contributed by atoms with van der Waals surface area (Å²) in [4.78, 5) is 28.6. The lowest BCUT2D eigenvalue weighted by Gasteiger charge is -2.18. The van der Waals surface area contributed by atoms with Crippen LogP contribution in [0.2, 0.25) is 5.02 Å². The zero-order valence-electron chi connectivity index (χ0n) is 16.4. The number of fused-ring (bicyclic) bond motifs is 1. The number of hydrogen-bond acceptors (Lipinski definition) is 3. The number of H-pyrrole nitrogens is 1. The number of amides is 1. The predicted molar refractivity (Wildman–Crippen MR) is 109 cm³/mol. The van der Waals surface area contributed by atoms with Crippen molar-refractivity contribution in [1.29, 1.82) is 0 Å². The molecule has 4 rings (SSSR count). The average molecular weight is 470 g/mol. The lowest BCUT2D eigenvalue weighted by molar-refractivity contribution is -0.192. The number of carbonyl (C=O) groups is 2. The Hall–Kier alpha value is -3.40. The number of pyridine rings is 1. The number of carboxylic acid groups (broad SMARTS) is 1. The number of nitrogens with one attached hydrogen (secondary N) is 2. The zero-order valence-corrected chi connectivity index (χ0v) is 17.2. The second kappa shape index (κ2) is 8.99. The number of alkyl halides is 3. The van der Waals surface area contributed by atoms with Crippen LogP contribution in [0, 0.1) is 5.82 Å². The van der Waals surface area contributed by atoms with Crippen molar-refractivity contribution in [3.05, 3.63) is 64.7 Å². The molecule has 1 unspecified atom stereocenters. The highest BCUT2D eigenvalue weighted by atomic mass is 35.5. The molecule has 0 fully saturated rings. The van der Waals surface area contributed by atoms with Crippen molar-refractivity contribution in [3.8, 4) is 22.5 Å². The normalized spacial score (nSPS) is 15.3.